The minimum Gasteiger partial charge on any atom is -0.494 e. The molecule has 1 unspecified atom stereocenters. The fraction of sp³-hybridized carbons (Fsp3) is 0.261. The normalized spacial score (nSPS) is 15.4. The zero-order chi connectivity index (χ0) is 21.1. The van der Waals surface area contributed by atoms with E-state index in [0.29, 0.717) is 36.3 Å². The Kier molecular flexibility index (Phi) is 5.52. The minimum atomic E-state index is -0.457. The summed E-state index contributed by atoms with van der Waals surface area (Å²) in [7, 11) is 0. The molecule has 0 radical (unpaired) electrons. The Morgan fingerprint density at radius 3 is 2.47 bits per heavy atom. The first-order valence-electron chi connectivity index (χ1n) is 10.0. The Balaban J connectivity index is 1.82. The molecule has 0 aliphatic carbocycles. The third-order valence-corrected chi connectivity index (χ3v) is 4.89. The van der Waals surface area contributed by atoms with E-state index in [-0.39, 0.29) is 5.97 Å². The predicted molar refractivity (Wildman–Crippen MR) is 114 cm³/mol. The van der Waals surface area contributed by atoms with Crippen LogP contribution in [0.5, 0.6) is 5.75 Å². The Labute approximate surface area is 175 Å². The number of carbonyl (C=O) groups is 1. The molecule has 154 valence electrons. The van der Waals surface area contributed by atoms with Crippen molar-refractivity contribution >= 4 is 11.9 Å². The van der Waals surface area contributed by atoms with Gasteiger partial charge in [0.1, 0.15) is 11.8 Å². The second-order valence-electron chi connectivity index (χ2n) is 6.86. The first-order chi connectivity index (χ1) is 14.6. The molecule has 4 rings (SSSR count). The van der Waals surface area contributed by atoms with Gasteiger partial charge in [-0.2, -0.15) is 4.98 Å². The van der Waals surface area contributed by atoms with Gasteiger partial charge >= 0.3 is 5.97 Å². The Hall–Kier alpha value is -3.61. The molecular formula is C23H24N4O3. The van der Waals surface area contributed by atoms with Crippen LogP contribution in [0.3, 0.4) is 0 Å². The number of nitrogens with one attached hydrogen (secondary N) is 1. The summed E-state index contributed by atoms with van der Waals surface area (Å²) in [5, 5.41) is 7.95. The first-order valence-corrected chi connectivity index (χ1v) is 10.0. The molecule has 2 aromatic carbocycles. The van der Waals surface area contributed by atoms with Gasteiger partial charge in [0.25, 0.3) is 0 Å². The smallest absolute Gasteiger partial charge is 0.338 e. The molecule has 1 aliphatic heterocycles. The quantitative estimate of drug-likeness (QED) is 0.621. The maximum absolute atomic E-state index is 12.8. The lowest BCUT2D eigenvalue weighted by atomic mass is 9.96. The fourth-order valence-electron chi connectivity index (χ4n) is 3.55. The van der Waals surface area contributed by atoms with Crippen LogP contribution in [-0.2, 0) is 9.53 Å². The van der Waals surface area contributed by atoms with Crippen molar-refractivity contribution in [2.24, 2.45) is 0 Å². The van der Waals surface area contributed by atoms with Gasteiger partial charge in [-0.05, 0) is 38.5 Å². The highest BCUT2D eigenvalue weighted by molar-refractivity contribution is 5.92. The summed E-state index contributed by atoms with van der Waals surface area (Å²) in [6.45, 7) is 6.48. The number of aromatic nitrogens is 3. The van der Waals surface area contributed by atoms with Gasteiger partial charge in [0.2, 0.25) is 5.95 Å². The molecular weight excluding hydrogens is 380 g/mol. The Morgan fingerprint density at radius 1 is 1.07 bits per heavy atom. The average molecular weight is 404 g/mol. The van der Waals surface area contributed by atoms with Crippen molar-refractivity contribution in [1.29, 1.82) is 0 Å². The van der Waals surface area contributed by atoms with Crippen LogP contribution >= 0.6 is 0 Å². The van der Waals surface area contributed by atoms with Gasteiger partial charge < -0.3 is 14.8 Å². The van der Waals surface area contributed by atoms with E-state index in [1.54, 1.807) is 11.6 Å². The molecule has 3 aromatic rings. The van der Waals surface area contributed by atoms with Crippen molar-refractivity contribution in [3.63, 3.8) is 0 Å². The standard InChI is InChI=1S/C23H24N4O3/c1-4-29-18-13-11-16(12-14-18)20-19(22(28)30-5-2)15(3)24-23-25-21(26-27(20)23)17-9-7-6-8-10-17/h6-14,20H,4-5H2,1-3H3,(H,24,25,26). The van der Waals surface area contributed by atoms with Gasteiger partial charge in [0, 0.05) is 11.3 Å². The molecule has 7 nitrogen and oxygen atoms in total. The molecule has 1 aromatic heterocycles. The number of hydrogen-bond acceptors (Lipinski definition) is 6. The van der Waals surface area contributed by atoms with Crippen LogP contribution in [0, 0.1) is 0 Å². The number of hydrogen-bond donors (Lipinski definition) is 1. The summed E-state index contributed by atoms with van der Waals surface area (Å²) in [6.07, 6.45) is 0. The van der Waals surface area contributed by atoms with Crippen LogP contribution in [0.4, 0.5) is 5.95 Å². The molecule has 0 fully saturated rings. The van der Waals surface area contributed by atoms with Crippen molar-refractivity contribution in [2.45, 2.75) is 26.8 Å². The van der Waals surface area contributed by atoms with Crippen molar-refractivity contribution in [1.82, 2.24) is 14.8 Å². The van der Waals surface area contributed by atoms with Crippen molar-refractivity contribution in [3.05, 3.63) is 71.4 Å². The zero-order valence-corrected chi connectivity index (χ0v) is 17.3. The second-order valence-corrected chi connectivity index (χ2v) is 6.86. The van der Waals surface area contributed by atoms with E-state index in [9.17, 15) is 4.79 Å². The fourth-order valence-corrected chi connectivity index (χ4v) is 3.55. The summed E-state index contributed by atoms with van der Waals surface area (Å²) in [5.41, 5.74) is 3.01. The molecule has 1 aliphatic rings. The lowest BCUT2D eigenvalue weighted by Crippen LogP contribution is -2.29. The SMILES string of the molecule is CCOC(=O)C1=C(C)Nc2nc(-c3ccccc3)nn2C1c1ccc(OCC)cc1. The van der Waals surface area contributed by atoms with Gasteiger partial charge in [0.15, 0.2) is 5.82 Å². The summed E-state index contributed by atoms with van der Waals surface area (Å²) in [6, 6.07) is 17.0. The van der Waals surface area contributed by atoms with Gasteiger partial charge in [0.05, 0.1) is 18.8 Å². The number of rotatable bonds is 6. The van der Waals surface area contributed by atoms with Gasteiger partial charge in [-0.15, -0.1) is 5.10 Å². The molecule has 2 heterocycles. The number of ether oxygens (including phenoxy) is 2. The van der Waals surface area contributed by atoms with E-state index < -0.39 is 6.04 Å². The zero-order valence-electron chi connectivity index (χ0n) is 17.3. The van der Waals surface area contributed by atoms with Crippen LogP contribution in [-0.4, -0.2) is 33.9 Å². The molecule has 0 bridgehead atoms. The van der Waals surface area contributed by atoms with Gasteiger partial charge in [-0.3, -0.25) is 0 Å². The summed E-state index contributed by atoms with van der Waals surface area (Å²) in [4.78, 5) is 17.5. The maximum atomic E-state index is 12.8. The molecule has 1 atom stereocenters. The van der Waals surface area contributed by atoms with E-state index in [4.69, 9.17) is 14.6 Å². The average Bonchev–Trinajstić information content (AvgIpc) is 3.18. The Morgan fingerprint density at radius 2 is 1.80 bits per heavy atom. The van der Waals surface area contributed by atoms with E-state index in [1.807, 2.05) is 68.4 Å². The largest absolute Gasteiger partial charge is 0.494 e. The third-order valence-electron chi connectivity index (χ3n) is 4.89. The molecule has 1 N–H and O–H groups in total. The molecule has 0 spiro atoms. The number of carbonyl (C=O) groups excluding carboxylic acids is 1. The van der Waals surface area contributed by atoms with E-state index in [0.717, 1.165) is 16.9 Å². The van der Waals surface area contributed by atoms with E-state index in [2.05, 4.69) is 10.3 Å². The van der Waals surface area contributed by atoms with Crippen molar-refractivity contribution < 1.29 is 14.3 Å². The second kappa shape index (κ2) is 8.41. The Bertz CT molecular complexity index is 1070. The molecule has 0 amide bonds. The number of nitrogens with zero attached hydrogens (tertiary/aromatic N) is 3. The summed E-state index contributed by atoms with van der Waals surface area (Å²) in [5.74, 6) is 1.58. The summed E-state index contributed by atoms with van der Waals surface area (Å²) < 4.78 is 12.7. The highest BCUT2D eigenvalue weighted by Crippen LogP contribution is 2.37. The highest BCUT2D eigenvalue weighted by Gasteiger charge is 2.35. The molecule has 30 heavy (non-hydrogen) atoms. The highest BCUT2D eigenvalue weighted by atomic mass is 16.5. The van der Waals surface area contributed by atoms with Crippen LogP contribution < -0.4 is 10.1 Å². The lowest BCUT2D eigenvalue weighted by Gasteiger charge is -2.28. The van der Waals surface area contributed by atoms with Crippen LogP contribution in [0.2, 0.25) is 0 Å². The lowest BCUT2D eigenvalue weighted by molar-refractivity contribution is -0.139. The molecule has 0 saturated heterocycles. The molecule has 0 saturated carbocycles. The topological polar surface area (TPSA) is 78.3 Å². The monoisotopic (exact) mass is 404 g/mol. The van der Waals surface area contributed by atoms with Crippen molar-refractivity contribution in [2.75, 3.05) is 18.5 Å². The maximum Gasteiger partial charge on any atom is 0.338 e. The number of allylic oxidation sites excluding steroid dienone is 1. The predicted octanol–water partition coefficient (Wildman–Crippen LogP) is 4.20. The minimum absolute atomic E-state index is 0.297. The van der Waals surface area contributed by atoms with Crippen LogP contribution in [0.25, 0.3) is 11.4 Å². The third kappa shape index (κ3) is 3.66. The van der Waals surface area contributed by atoms with Crippen LogP contribution in [0.1, 0.15) is 32.4 Å². The van der Waals surface area contributed by atoms with Gasteiger partial charge in [-0.25, -0.2) is 9.48 Å². The molecule has 7 heteroatoms. The van der Waals surface area contributed by atoms with Crippen LogP contribution in [0.15, 0.2) is 65.9 Å². The van der Waals surface area contributed by atoms with E-state index in [1.165, 1.54) is 0 Å². The number of fused-ring (bicyclic) bond motifs is 1. The number of benzene rings is 2. The first kappa shape index (κ1) is 19.7. The van der Waals surface area contributed by atoms with E-state index >= 15 is 0 Å². The van der Waals surface area contributed by atoms with Crippen molar-refractivity contribution in [3.8, 4) is 17.1 Å². The number of anilines is 1. The van der Waals surface area contributed by atoms with Gasteiger partial charge in [-0.1, -0.05) is 42.5 Å². The number of esters is 1. The summed E-state index contributed by atoms with van der Waals surface area (Å²) >= 11 is 0.